The van der Waals surface area contributed by atoms with E-state index in [2.05, 4.69) is 15.0 Å². The Balaban J connectivity index is 2.39. The number of anilines is 1. The molecule has 0 aliphatic carbocycles. The molecule has 0 bridgehead atoms. The topological polar surface area (TPSA) is 51.2 Å². The number of aryl methyl sites for hydroxylation is 1. The lowest BCUT2D eigenvalue weighted by atomic mass is 10.2. The van der Waals surface area contributed by atoms with Crippen LogP contribution in [-0.2, 0) is 16.0 Å². The summed E-state index contributed by atoms with van der Waals surface area (Å²) in [5, 5.41) is 5.99. The molecule has 1 rings (SSSR count). The van der Waals surface area contributed by atoms with Crippen LogP contribution in [0.2, 0.25) is 0 Å². The monoisotopic (exact) mass is 214 g/mol. The predicted octanol–water partition coefficient (Wildman–Crippen LogP) is 1.68. The van der Waals surface area contributed by atoms with Crippen LogP contribution in [0, 0.1) is 0 Å². The van der Waals surface area contributed by atoms with E-state index in [0.29, 0.717) is 12.8 Å². The van der Waals surface area contributed by atoms with E-state index in [1.54, 1.807) is 11.3 Å². The number of hydrogen-bond donors (Lipinski definition) is 1. The van der Waals surface area contributed by atoms with Crippen molar-refractivity contribution >= 4 is 22.4 Å². The first-order chi connectivity index (χ1) is 6.76. The number of carbonyl (C=O) groups is 1. The largest absolute Gasteiger partial charge is 0.469 e. The summed E-state index contributed by atoms with van der Waals surface area (Å²) in [7, 11) is 1.40. The van der Waals surface area contributed by atoms with Gasteiger partial charge in [0.05, 0.1) is 19.2 Å². The first kappa shape index (κ1) is 11.0. The van der Waals surface area contributed by atoms with Gasteiger partial charge in [-0.2, -0.15) is 0 Å². The highest BCUT2D eigenvalue weighted by atomic mass is 32.1. The Bertz CT molecular complexity index is 299. The number of methoxy groups -OCH3 is 1. The summed E-state index contributed by atoms with van der Waals surface area (Å²) in [6, 6.07) is 0. The summed E-state index contributed by atoms with van der Waals surface area (Å²) in [5.74, 6) is -0.192. The number of nitrogens with one attached hydrogen (secondary N) is 1. The van der Waals surface area contributed by atoms with E-state index in [9.17, 15) is 4.79 Å². The Hall–Kier alpha value is -1.10. The summed E-state index contributed by atoms with van der Waals surface area (Å²) < 4.78 is 4.55. The number of ether oxygens (including phenoxy) is 1. The molecule has 0 saturated heterocycles. The molecule has 0 aliphatic rings. The third kappa shape index (κ3) is 3.33. The van der Waals surface area contributed by atoms with Crippen LogP contribution in [0.4, 0.5) is 5.13 Å². The van der Waals surface area contributed by atoms with E-state index < -0.39 is 0 Å². The van der Waals surface area contributed by atoms with Crippen LogP contribution in [0.3, 0.4) is 0 Å². The van der Waals surface area contributed by atoms with Gasteiger partial charge in [0, 0.05) is 18.3 Å². The first-order valence-electron chi connectivity index (χ1n) is 4.51. The second-order valence-corrected chi connectivity index (χ2v) is 3.61. The molecule has 0 aromatic carbocycles. The van der Waals surface area contributed by atoms with E-state index in [1.807, 2.05) is 12.3 Å². The second kappa shape index (κ2) is 5.59. The van der Waals surface area contributed by atoms with E-state index in [-0.39, 0.29) is 5.97 Å². The van der Waals surface area contributed by atoms with Gasteiger partial charge < -0.3 is 10.1 Å². The Morgan fingerprint density at radius 3 is 3.14 bits per heavy atom. The standard InChI is InChI=1S/C9H14N2O2S/c1-3-10-9-11-7(6-14-9)4-5-8(12)13-2/h6H,3-5H2,1-2H3,(H,10,11). The molecule has 1 N–H and O–H groups in total. The molecular weight excluding hydrogens is 200 g/mol. The predicted molar refractivity (Wildman–Crippen MR) is 56.6 cm³/mol. The molecule has 5 heteroatoms. The van der Waals surface area contributed by atoms with E-state index in [4.69, 9.17) is 0 Å². The van der Waals surface area contributed by atoms with E-state index in [0.717, 1.165) is 17.4 Å². The minimum Gasteiger partial charge on any atom is -0.469 e. The number of hydrogen-bond acceptors (Lipinski definition) is 5. The number of aromatic nitrogens is 1. The number of carbonyl (C=O) groups excluding carboxylic acids is 1. The lowest BCUT2D eigenvalue weighted by Gasteiger charge is -1.96. The molecule has 0 fully saturated rings. The van der Waals surface area contributed by atoms with Crippen molar-refractivity contribution in [2.75, 3.05) is 19.0 Å². The summed E-state index contributed by atoms with van der Waals surface area (Å²) in [4.78, 5) is 15.2. The molecule has 14 heavy (non-hydrogen) atoms. The zero-order chi connectivity index (χ0) is 10.4. The fraction of sp³-hybridized carbons (Fsp3) is 0.556. The van der Waals surface area contributed by atoms with Gasteiger partial charge >= 0.3 is 5.97 Å². The van der Waals surface area contributed by atoms with Gasteiger partial charge in [-0.15, -0.1) is 11.3 Å². The normalized spacial score (nSPS) is 9.86. The Kier molecular flexibility index (Phi) is 4.39. The minimum atomic E-state index is -0.192. The molecule has 0 spiro atoms. The number of thiazole rings is 1. The fourth-order valence-electron chi connectivity index (χ4n) is 0.986. The quantitative estimate of drug-likeness (QED) is 0.758. The summed E-state index contributed by atoms with van der Waals surface area (Å²) >= 11 is 1.56. The summed E-state index contributed by atoms with van der Waals surface area (Å²) in [6.07, 6.45) is 1.04. The lowest BCUT2D eigenvalue weighted by molar-refractivity contribution is -0.140. The van der Waals surface area contributed by atoms with Crippen molar-refractivity contribution in [3.63, 3.8) is 0 Å². The zero-order valence-corrected chi connectivity index (χ0v) is 9.19. The first-order valence-corrected chi connectivity index (χ1v) is 5.39. The van der Waals surface area contributed by atoms with Crippen LogP contribution >= 0.6 is 11.3 Å². The highest BCUT2D eigenvalue weighted by molar-refractivity contribution is 7.13. The second-order valence-electron chi connectivity index (χ2n) is 2.75. The maximum atomic E-state index is 10.9. The van der Waals surface area contributed by atoms with Gasteiger partial charge in [0.25, 0.3) is 0 Å². The van der Waals surface area contributed by atoms with Crippen molar-refractivity contribution in [2.45, 2.75) is 19.8 Å². The van der Waals surface area contributed by atoms with E-state index >= 15 is 0 Å². The smallest absolute Gasteiger partial charge is 0.305 e. The number of esters is 1. The van der Waals surface area contributed by atoms with Gasteiger partial charge in [0.1, 0.15) is 0 Å². The molecule has 0 radical (unpaired) electrons. The van der Waals surface area contributed by atoms with Crippen LogP contribution in [0.15, 0.2) is 5.38 Å². The number of nitrogens with zero attached hydrogens (tertiary/aromatic N) is 1. The van der Waals surface area contributed by atoms with Gasteiger partial charge in [0.2, 0.25) is 0 Å². The maximum Gasteiger partial charge on any atom is 0.305 e. The van der Waals surface area contributed by atoms with Crippen molar-refractivity contribution in [3.05, 3.63) is 11.1 Å². The fourth-order valence-corrected chi connectivity index (χ4v) is 1.80. The minimum absolute atomic E-state index is 0.192. The molecule has 0 saturated carbocycles. The van der Waals surface area contributed by atoms with Crippen molar-refractivity contribution in [1.82, 2.24) is 4.98 Å². The van der Waals surface area contributed by atoms with Crippen molar-refractivity contribution in [2.24, 2.45) is 0 Å². The lowest BCUT2D eigenvalue weighted by Crippen LogP contribution is -2.02. The molecule has 0 unspecified atom stereocenters. The molecular formula is C9H14N2O2S. The zero-order valence-electron chi connectivity index (χ0n) is 8.37. The van der Waals surface area contributed by atoms with Gasteiger partial charge in [-0.25, -0.2) is 4.98 Å². The molecule has 0 amide bonds. The molecule has 1 heterocycles. The third-order valence-electron chi connectivity index (χ3n) is 1.69. The van der Waals surface area contributed by atoms with Gasteiger partial charge in [-0.1, -0.05) is 0 Å². The summed E-state index contributed by atoms with van der Waals surface area (Å²) in [6.45, 7) is 2.89. The van der Waals surface area contributed by atoms with Crippen LogP contribution < -0.4 is 5.32 Å². The van der Waals surface area contributed by atoms with Crippen LogP contribution in [0.5, 0.6) is 0 Å². The Morgan fingerprint density at radius 2 is 2.50 bits per heavy atom. The average molecular weight is 214 g/mol. The van der Waals surface area contributed by atoms with E-state index in [1.165, 1.54) is 7.11 Å². The highest BCUT2D eigenvalue weighted by Gasteiger charge is 2.04. The maximum absolute atomic E-state index is 10.9. The van der Waals surface area contributed by atoms with Crippen molar-refractivity contribution < 1.29 is 9.53 Å². The van der Waals surface area contributed by atoms with Crippen molar-refractivity contribution in [1.29, 1.82) is 0 Å². The molecule has 0 atom stereocenters. The van der Waals surface area contributed by atoms with Crippen LogP contribution in [-0.4, -0.2) is 24.6 Å². The third-order valence-corrected chi connectivity index (χ3v) is 2.54. The molecule has 4 nitrogen and oxygen atoms in total. The van der Waals surface area contributed by atoms with Crippen LogP contribution in [0.1, 0.15) is 19.0 Å². The molecule has 78 valence electrons. The van der Waals surface area contributed by atoms with Crippen LogP contribution in [0.25, 0.3) is 0 Å². The number of rotatable bonds is 5. The SMILES string of the molecule is CCNc1nc(CCC(=O)OC)cs1. The highest BCUT2D eigenvalue weighted by Crippen LogP contribution is 2.16. The molecule has 0 aliphatic heterocycles. The Morgan fingerprint density at radius 1 is 1.71 bits per heavy atom. The summed E-state index contributed by atoms with van der Waals surface area (Å²) in [5.41, 5.74) is 0.941. The van der Waals surface area contributed by atoms with Gasteiger partial charge in [-0.3, -0.25) is 4.79 Å². The van der Waals surface area contributed by atoms with Crippen molar-refractivity contribution in [3.8, 4) is 0 Å². The average Bonchev–Trinajstić information content (AvgIpc) is 2.63. The molecule has 1 aromatic rings. The van der Waals surface area contributed by atoms with Gasteiger partial charge in [-0.05, 0) is 6.92 Å². The van der Waals surface area contributed by atoms with Gasteiger partial charge in [0.15, 0.2) is 5.13 Å². The Labute approximate surface area is 87.3 Å². The molecule has 1 aromatic heterocycles.